The van der Waals surface area contributed by atoms with Crippen molar-refractivity contribution in [1.82, 2.24) is 0 Å². The van der Waals surface area contributed by atoms with Crippen LogP contribution >= 0.6 is 0 Å². The fourth-order valence-corrected chi connectivity index (χ4v) is 1.68. The highest BCUT2D eigenvalue weighted by molar-refractivity contribution is 5.94. The number of hydrogen-bond acceptors (Lipinski definition) is 6. The number of hydrogen-bond donors (Lipinski definition) is 1. The van der Waals surface area contributed by atoms with E-state index in [2.05, 4.69) is 4.74 Å². The molecule has 0 bridgehead atoms. The third kappa shape index (κ3) is 3.27. The van der Waals surface area contributed by atoms with E-state index in [1.54, 1.807) is 24.3 Å². The van der Waals surface area contributed by atoms with Gasteiger partial charge in [-0.3, -0.25) is 10.1 Å². The molecule has 0 aromatic heterocycles. The molecule has 7 nitrogen and oxygen atoms in total. The number of methoxy groups -OCH3 is 1. The molecule has 2 rings (SSSR count). The minimum atomic E-state index is -0.801. The highest BCUT2D eigenvalue weighted by Gasteiger charge is 2.21. The van der Waals surface area contributed by atoms with Crippen molar-refractivity contribution in [2.45, 2.75) is 0 Å². The van der Waals surface area contributed by atoms with Gasteiger partial charge >= 0.3 is 5.97 Å². The molecule has 0 aliphatic rings. The molecular formula is C14H12N2O5. The van der Waals surface area contributed by atoms with Gasteiger partial charge in [0.25, 0.3) is 5.69 Å². The topological polar surface area (TPSA) is 105 Å². The van der Waals surface area contributed by atoms with Crippen LogP contribution in [0.3, 0.4) is 0 Å². The maximum absolute atomic E-state index is 11.6. The van der Waals surface area contributed by atoms with Crippen molar-refractivity contribution < 1.29 is 19.2 Å². The Morgan fingerprint density at radius 1 is 1.14 bits per heavy atom. The Labute approximate surface area is 120 Å². The van der Waals surface area contributed by atoms with E-state index < -0.39 is 10.9 Å². The molecule has 2 aromatic carbocycles. The van der Waals surface area contributed by atoms with Crippen LogP contribution in [0.2, 0.25) is 0 Å². The average Bonchev–Trinajstić information content (AvgIpc) is 2.48. The Morgan fingerprint density at radius 3 is 2.33 bits per heavy atom. The van der Waals surface area contributed by atoms with E-state index in [0.29, 0.717) is 11.4 Å². The summed E-state index contributed by atoms with van der Waals surface area (Å²) in [6, 6.07) is 10.5. The molecule has 0 heterocycles. The Morgan fingerprint density at radius 2 is 1.76 bits per heavy atom. The highest BCUT2D eigenvalue weighted by Crippen LogP contribution is 2.28. The van der Waals surface area contributed by atoms with Gasteiger partial charge in [-0.25, -0.2) is 4.79 Å². The van der Waals surface area contributed by atoms with Crippen LogP contribution in [0.15, 0.2) is 42.5 Å². The van der Waals surface area contributed by atoms with Crippen LogP contribution < -0.4 is 10.5 Å². The molecule has 0 atom stereocenters. The number of carbonyl (C=O) groups is 1. The fraction of sp³-hybridized carbons (Fsp3) is 0.0714. The molecule has 0 unspecified atom stereocenters. The Bertz CT molecular complexity index is 682. The van der Waals surface area contributed by atoms with Crippen LogP contribution in [0.5, 0.6) is 11.5 Å². The maximum atomic E-state index is 11.6. The number of nitro groups is 1. The Hall–Kier alpha value is -3.09. The van der Waals surface area contributed by atoms with E-state index in [1.165, 1.54) is 18.2 Å². The smallest absolute Gasteiger partial charge is 0.345 e. The summed E-state index contributed by atoms with van der Waals surface area (Å²) in [4.78, 5) is 21.8. The van der Waals surface area contributed by atoms with Crippen molar-refractivity contribution in [1.29, 1.82) is 0 Å². The van der Waals surface area contributed by atoms with Crippen molar-refractivity contribution in [3.8, 4) is 11.5 Å². The number of nitrogens with zero attached hydrogens (tertiary/aromatic N) is 1. The summed E-state index contributed by atoms with van der Waals surface area (Å²) in [5.74, 6) is -0.0240. The Kier molecular flexibility index (Phi) is 4.03. The third-order valence-corrected chi connectivity index (χ3v) is 2.69. The Balaban J connectivity index is 2.35. The van der Waals surface area contributed by atoms with Crippen LogP contribution in [0.4, 0.5) is 11.4 Å². The molecule has 0 saturated heterocycles. The second kappa shape index (κ2) is 5.91. The van der Waals surface area contributed by atoms with Gasteiger partial charge in [-0.2, -0.15) is 0 Å². The third-order valence-electron chi connectivity index (χ3n) is 2.69. The second-order valence-corrected chi connectivity index (χ2v) is 4.10. The number of nitro benzene ring substituents is 1. The molecule has 0 saturated carbocycles. The average molecular weight is 288 g/mol. The zero-order chi connectivity index (χ0) is 15.4. The molecule has 2 N–H and O–H groups in total. The summed E-state index contributed by atoms with van der Waals surface area (Å²) >= 11 is 0. The molecule has 2 aromatic rings. The number of carbonyl (C=O) groups excluding carboxylic acids is 1. The normalized spacial score (nSPS) is 9.95. The summed E-state index contributed by atoms with van der Waals surface area (Å²) in [6.45, 7) is 0. The second-order valence-electron chi connectivity index (χ2n) is 4.10. The van der Waals surface area contributed by atoms with Crippen molar-refractivity contribution in [2.75, 3.05) is 12.8 Å². The van der Waals surface area contributed by atoms with E-state index >= 15 is 0 Å². The predicted octanol–water partition coefficient (Wildman–Crippen LogP) is 2.76. The zero-order valence-corrected chi connectivity index (χ0v) is 11.1. The number of nitrogens with two attached hydrogens (primary N) is 1. The largest absolute Gasteiger partial charge is 0.465 e. The number of ether oxygens (including phenoxy) is 2. The van der Waals surface area contributed by atoms with Gasteiger partial charge in [-0.1, -0.05) is 0 Å². The molecule has 0 aliphatic heterocycles. The lowest BCUT2D eigenvalue weighted by molar-refractivity contribution is -0.385. The van der Waals surface area contributed by atoms with Crippen LogP contribution in [0.1, 0.15) is 10.4 Å². The van der Waals surface area contributed by atoms with Gasteiger partial charge in [0.2, 0.25) is 0 Å². The van der Waals surface area contributed by atoms with Crippen molar-refractivity contribution >= 4 is 17.3 Å². The minimum absolute atomic E-state index is 0.171. The van der Waals surface area contributed by atoms with Crippen LogP contribution in [-0.2, 0) is 4.74 Å². The van der Waals surface area contributed by atoms with Gasteiger partial charge in [0, 0.05) is 17.8 Å². The summed E-state index contributed by atoms with van der Waals surface area (Å²) in [5, 5.41) is 10.9. The summed E-state index contributed by atoms with van der Waals surface area (Å²) < 4.78 is 10.1. The lowest BCUT2D eigenvalue weighted by Gasteiger charge is -2.07. The molecule has 0 spiro atoms. The number of nitrogen functional groups attached to an aromatic ring is 1. The summed E-state index contributed by atoms with van der Waals surface area (Å²) in [6.07, 6.45) is 0. The lowest BCUT2D eigenvalue weighted by atomic mass is 10.1. The lowest BCUT2D eigenvalue weighted by Crippen LogP contribution is -2.05. The molecule has 0 fully saturated rings. The maximum Gasteiger partial charge on any atom is 0.345 e. The van der Waals surface area contributed by atoms with Gasteiger partial charge in [-0.05, 0) is 30.3 Å². The SMILES string of the molecule is COC(=O)c1cc(Oc2ccc(N)cc2)ccc1[N+](=O)[O-]. The predicted molar refractivity (Wildman–Crippen MR) is 75.4 cm³/mol. The zero-order valence-electron chi connectivity index (χ0n) is 11.1. The number of rotatable bonds is 4. The van der Waals surface area contributed by atoms with Crippen molar-refractivity contribution in [2.24, 2.45) is 0 Å². The summed E-state index contributed by atoms with van der Waals surface area (Å²) in [5.41, 5.74) is 5.64. The number of anilines is 1. The highest BCUT2D eigenvalue weighted by atomic mass is 16.6. The molecule has 0 aliphatic carbocycles. The molecule has 108 valence electrons. The number of benzene rings is 2. The minimum Gasteiger partial charge on any atom is -0.465 e. The molecule has 7 heteroatoms. The van der Waals surface area contributed by atoms with E-state index in [0.717, 1.165) is 7.11 Å². The van der Waals surface area contributed by atoms with Gasteiger partial charge in [-0.15, -0.1) is 0 Å². The summed E-state index contributed by atoms with van der Waals surface area (Å²) in [7, 11) is 1.15. The van der Waals surface area contributed by atoms with Gasteiger partial charge in [0.15, 0.2) is 0 Å². The van der Waals surface area contributed by atoms with Crippen molar-refractivity contribution in [3.05, 3.63) is 58.1 Å². The molecular weight excluding hydrogens is 276 g/mol. The van der Waals surface area contributed by atoms with Crippen molar-refractivity contribution in [3.63, 3.8) is 0 Å². The van der Waals surface area contributed by atoms with E-state index in [-0.39, 0.29) is 17.0 Å². The first-order chi connectivity index (χ1) is 10.0. The van der Waals surface area contributed by atoms with Crippen LogP contribution in [-0.4, -0.2) is 18.0 Å². The molecule has 0 amide bonds. The molecule has 21 heavy (non-hydrogen) atoms. The van der Waals surface area contributed by atoms with E-state index in [9.17, 15) is 14.9 Å². The first-order valence-corrected chi connectivity index (χ1v) is 5.91. The number of esters is 1. The van der Waals surface area contributed by atoms with E-state index in [4.69, 9.17) is 10.5 Å². The fourth-order valence-electron chi connectivity index (χ4n) is 1.68. The van der Waals surface area contributed by atoms with Crippen LogP contribution in [0, 0.1) is 10.1 Å². The van der Waals surface area contributed by atoms with E-state index in [1.807, 2.05) is 0 Å². The first kappa shape index (κ1) is 14.3. The van der Waals surface area contributed by atoms with Crippen LogP contribution in [0.25, 0.3) is 0 Å². The van der Waals surface area contributed by atoms with Gasteiger partial charge < -0.3 is 15.2 Å². The first-order valence-electron chi connectivity index (χ1n) is 5.91. The molecule has 0 radical (unpaired) electrons. The van der Waals surface area contributed by atoms with Gasteiger partial charge in [0.1, 0.15) is 17.1 Å². The monoisotopic (exact) mass is 288 g/mol. The quantitative estimate of drug-likeness (QED) is 0.401. The van der Waals surface area contributed by atoms with Gasteiger partial charge in [0.05, 0.1) is 12.0 Å². The standard InChI is InChI=1S/C14H12N2O5/c1-20-14(17)12-8-11(6-7-13(12)16(18)19)21-10-4-2-9(15)3-5-10/h2-8H,15H2,1H3.